The Bertz CT molecular complexity index is 386. The first-order valence-corrected chi connectivity index (χ1v) is 8.17. The Morgan fingerprint density at radius 1 is 0.500 bits per heavy atom. The summed E-state index contributed by atoms with van der Waals surface area (Å²) >= 11 is 0. The number of hydrogen-bond acceptors (Lipinski definition) is 3. The lowest BCUT2D eigenvalue weighted by Crippen LogP contribution is -2.68. The summed E-state index contributed by atoms with van der Waals surface area (Å²) in [6.07, 6.45) is 7.32. The molecule has 6 atom stereocenters. The average molecular weight is 243 g/mol. The van der Waals surface area contributed by atoms with Crippen molar-refractivity contribution in [3.63, 3.8) is 0 Å². The van der Waals surface area contributed by atoms with E-state index in [4.69, 9.17) is 0 Å². The average Bonchev–Trinajstić information content (AvgIpc) is 3.33. The molecule has 0 aromatic heterocycles. The molecular formula is C15H21N3. The minimum Gasteiger partial charge on any atom is -0.271 e. The van der Waals surface area contributed by atoms with E-state index in [2.05, 4.69) is 14.7 Å². The van der Waals surface area contributed by atoms with E-state index in [9.17, 15) is 0 Å². The van der Waals surface area contributed by atoms with Gasteiger partial charge >= 0.3 is 0 Å². The highest BCUT2D eigenvalue weighted by molar-refractivity contribution is 5.20. The lowest BCUT2D eigenvalue weighted by atomic mass is 10.1. The number of hydrogen-bond donors (Lipinski definition) is 0. The normalized spacial score (nSPS) is 71.0. The first kappa shape index (κ1) is 8.93. The molecule has 3 saturated carbocycles. The summed E-state index contributed by atoms with van der Waals surface area (Å²) < 4.78 is 0. The van der Waals surface area contributed by atoms with Crippen LogP contribution in [-0.4, -0.2) is 52.8 Å². The van der Waals surface area contributed by atoms with Crippen molar-refractivity contribution in [2.24, 2.45) is 35.5 Å². The molecule has 0 bridgehead atoms. The molecule has 0 aromatic rings. The van der Waals surface area contributed by atoms with Gasteiger partial charge in [0.2, 0.25) is 0 Å². The summed E-state index contributed by atoms with van der Waals surface area (Å²) in [5, 5.41) is 0. The number of nitrogens with zero attached hydrogens (tertiary/aromatic N) is 3. The van der Waals surface area contributed by atoms with Crippen molar-refractivity contribution in [1.29, 1.82) is 0 Å². The van der Waals surface area contributed by atoms with Crippen molar-refractivity contribution in [3.05, 3.63) is 0 Å². The van der Waals surface area contributed by atoms with Crippen LogP contribution in [0.15, 0.2) is 0 Å². The zero-order valence-corrected chi connectivity index (χ0v) is 10.8. The predicted octanol–water partition coefficient (Wildman–Crippen LogP) is 0.833. The SMILES string of the molecule is C1C2CN3C(C12)N1CC2CC2C1N1CC2CC2C31. The smallest absolute Gasteiger partial charge is 0.0681 e. The molecule has 7 rings (SSSR count). The van der Waals surface area contributed by atoms with E-state index in [-0.39, 0.29) is 0 Å². The summed E-state index contributed by atoms with van der Waals surface area (Å²) in [5.74, 6) is 6.49. The Balaban J connectivity index is 1.39. The minimum absolute atomic E-state index is 0.883. The van der Waals surface area contributed by atoms with Gasteiger partial charge in [0.25, 0.3) is 0 Å². The molecule has 4 saturated heterocycles. The highest BCUT2D eigenvalue weighted by atomic mass is 15.6. The van der Waals surface area contributed by atoms with Gasteiger partial charge in [0.15, 0.2) is 0 Å². The molecule has 3 heteroatoms. The predicted molar refractivity (Wildman–Crippen MR) is 66.3 cm³/mol. The summed E-state index contributed by atoms with van der Waals surface area (Å²) in [4.78, 5) is 8.87. The van der Waals surface area contributed by atoms with E-state index >= 15 is 0 Å². The van der Waals surface area contributed by atoms with Crippen LogP contribution >= 0.6 is 0 Å². The lowest BCUT2D eigenvalue weighted by Gasteiger charge is -2.54. The van der Waals surface area contributed by atoms with Crippen LogP contribution in [-0.2, 0) is 0 Å². The van der Waals surface area contributed by atoms with E-state index in [1.165, 1.54) is 19.6 Å². The van der Waals surface area contributed by atoms with E-state index in [0.29, 0.717) is 0 Å². The van der Waals surface area contributed by atoms with Gasteiger partial charge in [-0.3, -0.25) is 14.7 Å². The Hall–Kier alpha value is -0.120. The molecule has 0 aromatic carbocycles. The van der Waals surface area contributed by atoms with Crippen molar-refractivity contribution in [1.82, 2.24) is 14.7 Å². The van der Waals surface area contributed by atoms with Crippen LogP contribution in [0.1, 0.15) is 19.3 Å². The number of piperidine rings is 3. The molecule has 0 N–H and O–H groups in total. The Labute approximate surface area is 108 Å². The molecule has 7 fully saturated rings. The third kappa shape index (κ3) is 0.810. The van der Waals surface area contributed by atoms with Gasteiger partial charge in [0, 0.05) is 19.6 Å². The molecule has 7 aliphatic rings. The third-order valence-corrected chi connectivity index (χ3v) is 7.46. The highest BCUT2D eigenvalue weighted by Crippen LogP contribution is 2.65. The maximum atomic E-state index is 2.96. The fourth-order valence-corrected chi connectivity index (χ4v) is 6.52. The van der Waals surface area contributed by atoms with Gasteiger partial charge in [-0.2, -0.15) is 0 Å². The van der Waals surface area contributed by atoms with Crippen LogP contribution in [0.3, 0.4) is 0 Å². The Kier molecular flexibility index (Phi) is 1.20. The van der Waals surface area contributed by atoms with Crippen LogP contribution in [0, 0.1) is 35.5 Å². The van der Waals surface area contributed by atoms with Crippen molar-refractivity contribution >= 4 is 0 Å². The fraction of sp³-hybridized carbons (Fsp3) is 1.00. The van der Waals surface area contributed by atoms with Crippen LogP contribution in [0.5, 0.6) is 0 Å². The molecule has 0 spiro atoms. The van der Waals surface area contributed by atoms with Crippen LogP contribution in [0.25, 0.3) is 0 Å². The van der Waals surface area contributed by atoms with Gasteiger partial charge in [-0.25, -0.2) is 0 Å². The van der Waals surface area contributed by atoms with Gasteiger partial charge < -0.3 is 0 Å². The van der Waals surface area contributed by atoms with E-state index in [1.54, 1.807) is 19.3 Å². The molecule has 4 aliphatic heterocycles. The second-order valence-corrected chi connectivity index (χ2v) is 8.31. The highest BCUT2D eigenvalue weighted by Gasteiger charge is 2.71. The van der Waals surface area contributed by atoms with Crippen molar-refractivity contribution in [2.45, 2.75) is 37.8 Å². The second-order valence-electron chi connectivity index (χ2n) is 8.31. The minimum atomic E-state index is 0.883. The Morgan fingerprint density at radius 3 is 1.17 bits per heavy atom. The first-order valence-electron chi connectivity index (χ1n) is 8.17. The molecule has 96 valence electrons. The lowest BCUT2D eigenvalue weighted by molar-refractivity contribution is -0.154. The van der Waals surface area contributed by atoms with Gasteiger partial charge in [-0.1, -0.05) is 0 Å². The Morgan fingerprint density at radius 2 is 0.833 bits per heavy atom. The first-order chi connectivity index (χ1) is 8.90. The van der Waals surface area contributed by atoms with Crippen LogP contribution in [0.4, 0.5) is 0 Å². The number of rotatable bonds is 0. The molecule has 3 nitrogen and oxygen atoms in total. The van der Waals surface area contributed by atoms with Crippen molar-refractivity contribution in [2.75, 3.05) is 19.6 Å². The standard InChI is InChI=1S/C15H21N3/c1-7-4-16-13(10(1)7)17-5-8-2-12(8)15(17)18-6-9-3-11(9)14(16)18/h7-15H,1-6H2. The van der Waals surface area contributed by atoms with E-state index in [1.807, 2.05) is 0 Å². The zero-order valence-electron chi connectivity index (χ0n) is 10.8. The quantitative estimate of drug-likeness (QED) is 0.624. The fourth-order valence-electron chi connectivity index (χ4n) is 6.52. The topological polar surface area (TPSA) is 9.72 Å². The summed E-state index contributed by atoms with van der Waals surface area (Å²) in [5.41, 5.74) is 0. The van der Waals surface area contributed by atoms with Gasteiger partial charge in [-0.05, 0) is 54.8 Å². The van der Waals surface area contributed by atoms with Gasteiger partial charge in [0.05, 0.1) is 18.5 Å². The molecule has 0 radical (unpaired) electrons. The number of fused-ring (bicyclic) bond motifs is 12. The maximum absolute atomic E-state index is 2.96. The molecule has 3 aliphatic carbocycles. The van der Waals surface area contributed by atoms with Crippen molar-refractivity contribution in [3.8, 4) is 0 Å². The molecule has 6 unspecified atom stereocenters. The van der Waals surface area contributed by atoms with Gasteiger partial charge in [-0.15, -0.1) is 0 Å². The largest absolute Gasteiger partial charge is 0.271 e. The molecule has 18 heavy (non-hydrogen) atoms. The maximum Gasteiger partial charge on any atom is 0.0681 e. The van der Waals surface area contributed by atoms with Crippen LogP contribution in [0.2, 0.25) is 0 Å². The summed E-state index contributed by atoms with van der Waals surface area (Å²) in [6.45, 7) is 4.33. The van der Waals surface area contributed by atoms with Crippen molar-refractivity contribution < 1.29 is 0 Å². The van der Waals surface area contributed by atoms with Gasteiger partial charge in [0.1, 0.15) is 0 Å². The zero-order chi connectivity index (χ0) is 11.2. The second kappa shape index (κ2) is 2.43. The third-order valence-electron chi connectivity index (χ3n) is 7.46. The summed E-state index contributed by atoms with van der Waals surface area (Å²) in [7, 11) is 0. The molecule has 4 heterocycles. The molecule has 0 amide bonds. The summed E-state index contributed by atoms with van der Waals surface area (Å²) in [6, 6.07) is 0. The van der Waals surface area contributed by atoms with E-state index < -0.39 is 0 Å². The monoisotopic (exact) mass is 243 g/mol. The van der Waals surface area contributed by atoms with Crippen LogP contribution < -0.4 is 0 Å². The molecular weight excluding hydrogens is 222 g/mol. The van der Waals surface area contributed by atoms with E-state index in [0.717, 1.165) is 54.0 Å².